The third-order valence-electron chi connectivity index (χ3n) is 6.40. The van der Waals surface area contributed by atoms with Crippen LogP contribution in [0.1, 0.15) is 64.0 Å². The fraction of sp³-hybridized carbons (Fsp3) is 0.600. The number of likely N-dealkylation sites (tertiary alicyclic amines) is 1. The van der Waals surface area contributed by atoms with Crippen molar-refractivity contribution in [1.82, 2.24) is 15.5 Å². The molecule has 8 nitrogen and oxygen atoms in total. The molecular formula is C25H34N4O4. The van der Waals surface area contributed by atoms with Crippen molar-refractivity contribution in [3.05, 3.63) is 35.4 Å². The summed E-state index contributed by atoms with van der Waals surface area (Å²) in [6, 6.07) is 7.52. The number of carbonyl (C=O) groups is 3. The fourth-order valence-corrected chi connectivity index (χ4v) is 4.87. The number of amides is 3. The molecule has 0 radical (unpaired) electrons. The molecule has 1 saturated carbocycles. The number of nitrogens with one attached hydrogen (secondary N) is 2. The lowest BCUT2D eigenvalue weighted by Crippen LogP contribution is -2.55. The smallest absolute Gasteiger partial charge is 0.411 e. The summed E-state index contributed by atoms with van der Waals surface area (Å²) in [6.07, 6.45) is 4.35. The molecule has 178 valence electrons. The molecule has 1 aliphatic carbocycles. The van der Waals surface area contributed by atoms with Crippen LogP contribution in [-0.4, -0.2) is 53.6 Å². The summed E-state index contributed by atoms with van der Waals surface area (Å²) in [6.45, 7) is 5.44. The largest absolute Gasteiger partial charge is 0.444 e. The summed E-state index contributed by atoms with van der Waals surface area (Å²) in [5.74, 6) is -0.386. The van der Waals surface area contributed by atoms with Crippen molar-refractivity contribution >= 4 is 17.9 Å². The van der Waals surface area contributed by atoms with Gasteiger partial charge in [0.2, 0.25) is 11.8 Å². The summed E-state index contributed by atoms with van der Waals surface area (Å²) >= 11 is 0. The zero-order chi connectivity index (χ0) is 24.2. The van der Waals surface area contributed by atoms with Gasteiger partial charge in [0, 0.05) is 19.5 Å². The first-order chi connectivity index (χ1) is 15.6. The lowest BCUT2D eigenvalue weighted by molar-refractivity contribution is -0.131. The first-order valence-corrected chi connectivity index (χ1v) is 11.6. The maximum absolute atomic E-state index is 13.4. The molecule has 2 N–H and O–H groups in total. The Hall–Kier alpha value is -3.08. The van der Waals surface area contributed by atoms with Crippen molar-refractivity contribution in [3.63, 3.8) is 0 Å². The second-order valence-electron chi connectivity index (χ2n) is 9.94. The molecule has 2 fully saturated rings. The monoisotopic (exact) mass is 454 g/mol. The molecule has 1 saturated heterocycles. The second kappa shape index (κ2) is 10.2. The molecule has 3 rings (SSSR count). The van der Waals surface area contributed by atoms with Gasteiger partial charge in [0.25, 0.3) is 0 Å². The molecule has 1 aliphatic heterocycles. The fourth-order valence-electron chi connectivity index (χ4n) is 4.87. The highest BCUT2D eigenvalue weighted by Crippen LogP contribution is 2.40. The Balaban J connectivity index is 1.79. The van der Waals surface area contributed by atoms with E-state index >= 15 is 0 Å². The summed E-state index contributed by atoms with van der Waals surface area (Å²) in [7, 11) is 1.53. The number of fused-ring (bicyclic) bond motifs is 1. The van der Waals surface area contributed by atoms with Crippen molar-refractivity contribution in [2.24, 2.45) is 5.92 Å². The Morgan fingerprint density at radius 2 is 1.85 bits per heavy atom. The average Bonchev–Trinajstić information content (AvgIpc) is 3.17. The van der Waals surface area contributed by atoms with Gasteiger partial charge in [-0.25, -0.2) is 4.79 Å². The van der Waals surface area contributed by atoms with E-state index in [1.54, 1.807) is 29.2 Å². The molecule has 0 aromatic heterocycles. The third-order valence-corrected chi connectivity index (χ3v) is 6.40. The highest BCUT2D eigenvalue weighted by atomic mass is 16.6. The average molecular weight is 455 g/mol. The van der Waals surface area contributed by atoms with Crippen molar-refractivity contribution in [3.8, 4) is 6.07 Å². The molecule has 4 unspecified atom stereocenters. The highest BCUT2D eigenvalue weighted by Gasteiger charge is 2.49. The zero-order valence-electron chi connectivity index (χ0n) is 19.9. The number of likely N-dealkylation sites (N-methyl/N-ethyl adjacent to an activating group) is 1. The lowest BCUT2D eigenvalue weighted by atomic mass is 9.85. The van der Waals surface area contributed by atoms with E-state index in [9.17, 15) is 14.4 Å². The van der Waals surface area contributed by atoms with E-state index in [1.165, 1.54) is 7.05 Å². The maximum atomic E-state index is 13.4. The lowest BCUT2D eigenvalue weighted by Gasteiger charge is -2.35. The molecule has 1 aromatic rings. The van der Waals surface area contributed by atoms with Crippen LogP contribution in [0.25, 0.3) is 0 Å². The van der Waals surface area contributed by atoms with Gasteiger partial charge in [0.05, 0.1) is 11.6 Å². The van der Waals surface area contributed by atoms with Crippen LogP contribution in [0.15, 0.2) is 24.3 Å². The number of hydrogen-bond acceptors (Lipinski definition) is 5. The zero-order valence-corrected chi connectivity index (χ0v) is 19.9. The Kier molecular flexibility index (Phi) is 7.62. The minimum Gasteiger partial charge on any atom is -0.444 e. The van der Waals surface area contributed by atoms with E-state index < -0.39 is 23.8 Å². The van der Waals surface area contributed by atoms with Gasteiger partial charge in [-0.2, -0.15) is 5.26 Å². The topological polar surface area (TPSA) is 112 Å². The molecule has 8 heteroatoms. The van der Waals surface area contributed by atoms with E-state index in [-0.39, 0.29) is 30.2 Å². The van der Waals surface area contributed by atoms with Gasteiger partial charge >= 0.3 is 6.09 Å². The van der Waals surface area contributed by atoms with Gasteiger partial charge in [-0.3, -0.25) is 14.5 Å². The maximum Gasteiger partial charge on any atom is 0.411 e. The molecular weight excluding hydrogens is 420 g/mol. The van der Waals surface area contributed by atoms with Gasteiger partial charge in [-0.15, -0.1) is 0 Å². The molecule has 4 atom stereocenters. The Bertz CT molecular complexity index is 916. The minimum absolute atomic E-state index is 0.0127. The van der Waals surface area contributed by atoms with Gasteiger partial charge in [-0.05, 0) is 63.6 Å². The quantitative estimate of drug-likeness (QED) is 0.711. The Morgan fingerprint density at radius 3 is 2.45 bits per heavy atom. The molecule has 33 heavy (non-hydrogen) atoms. The third kappa shape index (κ3) is 6.04. The van der Waals surface area contributed by atoms with Crippen LogP contribution in [0.3, 0.4) is 0 Å². The number of benzene rings is 1. The van der Waals surface area contributed by atoms with Crippen LogP contribution in [-0.2, 0) is 20.7 Å². The molecule has 2 aliphatic rings. The molecule has 0 spiro atoms. The van der Waals surface area contributed by atoms with E-state index in [0.29, 0.717) is 12.0 Å². The van der Waals surface area contributed by atoms with Gasteiger partial charge < -0.3 is 15.4 Å². The van der Waals surface area contributed by atoms with Crippen molar-refractivity contribution in [1.29, 1.82) is 5.26 Å². The molecule has 1 heterocycles. The van der Waals surface area contributed by atoms with Crippen LogP contribution < -0.4 is 10.6 Å². The number of hydrogen-bond donors (Lipinski definition) is 2. The minimum atomic E-state index is -0.793. The summed E-state index contributed by atoms with van der Waals surface area (Å²) < 4.78 is 5.64. The van der Waals surface area contributed by atoms with E-state index in [1.807, 2.05) is 20.8 Å². The Morgan fingerprint density at radius 1 is 1.18 bits per heavy atom. The van der Waals surface area contributed by atoms with Crippen molar-refractivity contribution < 1.29 is 19.1 Å². The van der Waals surface area contributed by atoms with Crippen LogP contribution >= 0.6 is 0 Å². The van der Waals surface area contributed by atoms with Crippen LogP contribution in [0.5, 0.6) is 0 Å². The van der Waals surface area contributed by atoms with E-state index in [0.717, 1.165) is 31.2 Å². The molecule has 1 aromatic carbocycles. The number of nitrogens with zero attached hydrogens (tertiary/aromatic N) is 2. The normalized spacial score (nSPS) is 23.1. The highest BCUT2D eigenvalue weighted by molar-refractivity contribution is 5.92. The van der Waals surface area contributed by atoms with E-state index in [4.69, 9.17) is 10.00 Å². The predicted octanol–water partition coefficient (Wildman–Crippen LogP) is 2.90. The Labute approximate surface area is 195 Å². The molecule has 0 bridgehead atoms. The SMILES string of the molecule is CNC(=O)C(Cc1ccc(C#N)cc1)NC(=O)C1CC2CCCCC2N1C(=O)OC(C)(C)C. The number of nitriles is 1. The van der Waals surface area contributed by atoms with Crippen molar-refractivity contribution in [2.45, 2.75) is 83.0 Å². The molecule has 3 amide bonds. The summed E-state index contributed by atoms with van der Waals surface area (Å²) in [5, 5.41) is 14.5. The van der Waals surface area contributed by atoms with Crippen LogP contribution in [0, 0.1) is 17.2 Å². The van der Waals surface area contributed by atoms with Crippen LogP contribution in [0.4, 0.5) is 4.79 Å². The summed E-state index contributed by atoms with van der Waals surface area (Å²) in [4.78, 5) is 40.7. The van der Waals surface area contributed by atoms with Gasteiger partial charge in [0.15, 0.2) is 0 Å². The first kappa shape index (κ1) is 24.6. The second-order valence-corrected chi connectivity index (χ2v) is 9.94. The van der Waals surface area contributed by atoms with E-state index in [2.05, 4.69) is 16.7 Å². The number of rotatable bonds is 5. The number of carbonyl (C=O) groups excluding carboxylic acids is 3. The first-order valence-electron chi connectivity index (χ1n) is 11.6. The van der Waals surface area contributed by atoms with Gasteiger partial charge in [-0.1, -0.05) is 25.0 Å². The number of ether oxygens (including phenoxy) is 1. The summed E-state index contributed by atoms with van der Waals surface area (Å²) in [5.41, 5.74) is 0.693. The standard InChI is InChI=1S/C25H34N4O4/c1-25(2,3)33-24(32)29-20-8-6-5-7-18(20)14-21(29)23(31)28-19(22(30)27-4)13-16-9-11-17(15-26)12-10-16/h9-12,18-21H,5-8,13-14H2,1-4H3,(H,27,30)(H,28,31). The van der Waals surface area contributed by atoms with Gasteiger partial charge in [0.1, 0.15) is 17.7 Å². The predicted molar refractivity (Wildman–Crippen MR) is 123 cm³/mol. The van der Waals surface area contributed by atoms with Crippen molar-refractivity contribution in [2.75, 3.05) is 7.05 Å². The van der Waals surface area contributed by atoms with Crippen LogP contribution in [0.2, 0.25) is 0 Å².